The first-order valence-corrected chi connectivity index (χ1v) is 5.37. The number of methoxy groups -OCH3 is 2. The van der Waals surface area contributed by atoms with E-state index in [4.69, 9.17) is 9.47 Å². The van der Waals surface area contributed by atoms with Crippen LogP contribution in [0.15, 0.2) is 23.9 Å². The molecule has 0 bridgehead atoms. The van der Waals surface area contributed by atoms with Crippen molar-refractivity contribution in [1.82, 2.24) is 5.32 Å². The maximum Gasteiger partial charge on any atom is 0.213 e. The van der Waals surface area contributed by atoms with Gasteiger partial charge in [0.25, 0.3) is 0 Å². The average Bonchev–Trinajstić information content (AvgIpc) is 2.41. The monoisotopic (exact) mass is 247 g/mol. The van der Waals surface area contributed by atoms with Gasteiger partial charge in [-0.1, -0.05) is 0 Å². The van der Waals surface area contributed by atoms with Crippen molar-refractivity contribution in [3.8, 4) is 11.5 Å². The summed E-state index contributed by atoms with van der Waals surface area (Å²) in [7, 11) is 4.50. The minimum atomic E-state index is -0.275. The summed E-state index contributed by atoms with van der Waals surface area (Å²) >= 11 is 0. The summed E-state index contributed by atoms with van der Waals surface area (Å²) < 4.78 is 10.3. The number of carbonyl (C=O) groups is 2. The molecular weight excluding hydrogens is 234 g/mol. The highest BCUT2D eigenvalue weighted by Gasteiger charge is 2.31. The van der Waals surface area contributed by atoms with Crippen LogP contribution in [-0.4, -0.2) is 32.8 Å². The van der Waals surface area contributed by atoms with E-state index in [1.165, 1.54) is 20.3 Å². The lowest BCUT2D eigenvalue weighted by atomic mass is 9.91. The molecule has 0 unspecified atom stereocenters. The molecule has 0 heterocycles. The van der Waals surface area contributed by atoms with E-state index >= 15 is 0 Å². The highest BCUT2D eigenvalue weighted by atomic mass is 16.5. The molecule has 1 aliphatic carbocycles. The lowest BCUT2D eigenvalue weighted by Crippen LogP contribution is -2.25. The van der Waals surface area contributed by atoms with Gasteiger partial charge in [-0.2, -0.15) is 0 Å². The Bertz CT molecular complexity index is 560. The van der Waals surface area contributed by atoms with Crippen molar-refractivity contribution in [2.24, 2.45) is 0 Å². The summed E-state index contributed by atoms with van der Waals surface area (Å²) in [4.78, 5) is 24.3. The number of fused-ring (bicyclic) bond motifs is 1. The van der Waals surface area contributed by atoms with Crippen LogP contribution in [0.1, 0.15) is 20.7 Å². The Labute approximate surface area is 104 Å². The van der Waals surface area contributed by atoms with Crippen molar-refractivity contribution in [1.29, 1.82) is 0 Å². The molecule has 1 aromatic rings. The van der Waals surface area contributed by atoms with E-state index < -0.39 is 0 Å². The first-order valence-electron chi connectivity index (χ1n) is 5.37. The number of rotatable bonds is 3. The molecule has 0 fully saturated rings. The Morgan fingerprint density at radius 1 is 1.00 bits per heavy atom. The predicted octanol–water partition coefficient (Wildman–Crippen LogP) is 1.19. The van der Waals surface area contributed by atoms with Crippen LogP contribution in [0, 0.1) is 0 Å². The van der Waals surface area contributed by atoms with Gasteiger partial charge in [-0.05, 0) is 12.1 Å². The van der Waals surface area contributed by atoms with Crippen LogP contribution in [0.5, 0.6) is 11.5 Å². The Morgan fingerprint density at radius 3 is 2.06 bits per heavy atom. The van der Waals surface area contributed by atoms with Gasteiger partial charge in [-0.3, -0.25) is 9.59 Å². The first-order chi connectivity index (χ1) is 8.63. The van der Waals surface area contributed by atoms with Crippen molar-refractivity contribution >= 4 is 11.6 Å². The Balaban J connectivity index is 2.74. The minimum absolute atomic E-state index is 0.244. The average molecular weight is 247 g/mol. The van der Waals surface area contributed by atoms with Crippen LogP contribution in [0.4, 0.5) is 0 Å². The standard InChI is InChI=1S/C13H13NO4/c1-14-7-6-8(15)11-9(17-2)4-5-10(18-3)12(11)13(7)16/h4-6,14H,1-3H3. The number of hydrogen-bond donors (Lipinski definition) is 1. The number of hydrogen-bond acceptors (Lipinski definition) is 5. The fourth-order valence-electron chi connectivity index (χ4n) is 1.96. The van der Waals surface area contributed by atoms with E-state index in [1.54, 1.807) is 19.2 Å². The summed E-state index contributed by atoms with van der Waals surface area (Å²) in [5.74, 6) is 0.188. The highest BCUT2D eigenvalue weighted by Crippen LogP contribution is 2.35. The summed E-state index contributed by atoms with van der Waals surface area (Å²) in [5, 5.41) is 2.71. The topological polar surface area (TPSA) is 64.6 Å². The molecular formula is C13H13NO4. The number of ether oxygens (including phenoxy) is 2. The van der Waals surface area contributed by atoms with E-state index in [-0.39, 0.29) is 28.4 Å². The third-order valence-electron chi connectivity index (χ3n) is 2.83. The molecule has 2 rings (SSSR count). The third kappa shape index (κ3) is 1.64. The van der Waals surface area contributed by atoms with Crippen LogP contribution in [0.25, 0.3) is 0 Å². The van der Waals surface area contributed by atoms with Gasteiger partial charge in [-0.15, -0.1) is 0 Å². The zero-order valence-electron chi connectivity index (χ0n) is 10.4. The van der Waals surface area contributed by atoms with Crippen molar-refractivity contribution in [3.63, 3.8) is 0 Å². The molecule has 18 heavy (non-hydrogen) atoms. The van der Waals surface area contributed by atoms with Crippen LogP contribution in [0.2, 0.25) is 0 Å². The summed E-state index contributed by atoms with van der Waals surface area (Å²) in [6.45, 7) is 0. The second kappa shape index (κ2) is 4.52. The van der Waals surface area contributed by atoms with Crippen molar-refractivity contribution in [2.45, 2.75) is 0 Å². The third-order valence-corrected chi connectivity index (χ3v) is 2.83. The van der Waals surface area contributed by atoms with Crippen LogP contribution >= 0.6 is 0 Å². The molecule has 1 N–H and O–H groups in total. The minimum Gasteiger partial charge on any atom is -0.496 e. The van der Waals surface area contributed by atoms with Gasteiger partial charge in [0, 0.05) is 13.1 Å². The fraction of sp³-hybridized carbons (Fsp3) is 0.231. The molecule has 5 heteroatoms. The number of allylic oxidation sites excluding steroid dienone is 2. The quantitative estimate of drug-likeness (QED) is 0.869. The number of ketones is 2. The Morgan fingerprint density at radius 2 is 1.56 bits per heavy atom. The number of carbonyl (C=O) groups excluding carboxylic acids is 2. The maximum atomic E-state index is 12.2. The van der Waals surface area contributed by atoms with Crippen LogP contribution in [0.3, 0.4) is 0 Å². The zero-order chi connectivity index (χ0) is 13.3. The van der Waals surface area contributed by atoms with Gasteiger partial charge >= 0.3 is 0 Å². The number of likely N-dealkylation sites (N-methyl/N-ethyl adjacent to an activating group) is 1. The summed E-state index contributed by atoms with van der Waals surface area (Å²) in [6.07, 6.45) is 1.27. The maximum absolute atomic E-state index is 12.2. The largest absolute Gasteiger partial charge is 0.496 e. The van der Waals surface area contributed by atoms with Crippen LogP contribution < -0.4 is 14.8 Å². The van der Waals surface area contributed by atoms with E-state index in [0.29, 0.717) is 11.5 Å². The molecule has 0 saturated heterocycles. The number of nitrogens with one attached hydrogen (secondary N) is 1. The molecule has 0 amide bonds. The molecule has 0 aliphatic heterocycles. The molecule has 1 aliphatic rings. The van der Waals surface area contributed by atoms with Crippen molar-refractivity contribution in [3.05, 3.63) is 35.0 Å². The summed E-state index contributed by atoms with van der Waals surface area (Å²) in [6, 6.07) is 3.22. The highest BCUT2D eigenvalue weighted by molar-refractivity contribution is 6.26. The molecule has 0 radical (unpaired) electrons. The second-order valence-corrected chi connectivity index (χ2v) is 3.72. The molecule has 0 atom stereocenters. The van der Waals surface area contributed by atoms with E-state index in [0.717, 1.165) is 0 Å². The smallest absolute Gasteiger partial charge is 0.213 e. The molecule has 0 spiro atoms. The zero-order valence-corrected chi connectivity index (χ0v) is 10.4. The lowest BCUT2D eigenvalue weighted by Gasteiger charge is -2.19. The van der Waals surface area contributed by atoms with Crippen LogP contribution in [-0.2, 0) is 0 Å². The van der Waals surface area contributed by atoms with Crippen molar-refractivity contribution in [2.75, 3.05) is 21.3 Å². The van der Waals surface area contributed by atoms with E-state index in [9.17, 15) is 9.59 Å². The molecule has 0 saturated carbocycles. The van der Waals surface area contributed by atoms with Gasteiger partial charge in [0.05, 0.1) is 31.0 Å². The molecule has 5 nitrogen and oxygen atoms in total. The Hall–Kier alpha value is -2.30. The predicted molar refractivity (Wildman–Crippen MR) is 65.3 cm³/mol. The number of Topliss-reactive ketones (excluding diaryl/α,β-unsaturated/α-hetero) is 1. The van der Waals surface area contributed by atoms with Gasteiger partial charge in [0.1, 0.15) is 11.5 Å². The lowest BCUT2D eigenvalue weighted by molar-refractivity contribution is 0.0974. The molecule has 0 aromatic heterocycles. The van der Waals surface area contributed by atoms with Gasteiger partial charge < -0.3 is 14.8 Å². The van der Waals surface area contributed by atoms with Crippen molar-refractivity contribution < 1.29 is 19.1 Å². The van der Waals surface area contributed by atoms with Gasteiger partial charge in [0.15, 0.2) is 5.78 Å². The van der Waals surface area contributed by atoms with E-state index in [2.05, 4.69) is 5.32 Å². The number of benzene rings is 1. The SMILES string of the molecule is CNC1=CC(=O)c2c(OC)ccc(OC)c2C1=O. The normalized spacial score (nSPS) is 13.8. The fourth-order valence-corrected chi connectivity index (χ4v) is 1.96. The summed E-state index contributed by atoms with van der Waals surface area (Å²) in [5.41, 5.74) is 0.744. The Kier molecular flexibility index (Phi) is 3.06. The van der Waals surface area contributed by atoms with Gasteiger partial charge in [-0.25, -0.2) is 0 Å². The van der Waals surface area contributed by atoms with E-state index in [1.807, 2.05) is 0 Å². The molecule has 94 valence electrons. The molecule has 1 aromatic carbocycles. The second-order valence-electron chi connectivity index (χ2n) is 3.72. The first kappa shape index (κ1) is 12.2. The van der Waals surface area contributed by atoms with Gasteiger partial charge in [0.2, 0.25) is 5.78 Å².